The molecule has 8 heteroatoms. The van der Waals surface area contributed by atoms with E-state index in [0.717, 1.165) is 63.4 Å². The number of primary amides is 1. The van der Waals surface area contributed by atoms with Gasteiger partial charge in [0.25, 0.3) is 0 Å². The molecular formula is C22H30F2N4O2. The van der Waals surface area contributed by atoms with Crippen LogP contribution in [0.2, 0.25) is 0 Å². The van der Waals surface area contributed by atoms with Crippen LogP contribution in [0.5, 0.6) is 0 Å². The lowest BCUT2D eigenvalue weighted by molar-refractivity contribution is -0.132. The van der Waals surface area contributed by atoms with Crippen molar-refractivity contribution in [3.63, 3.8) is 0 Å². The van der Waals surface area contributed by atoms with Crippen molar-refractivity contribution in [1.82, 2.24) is 9.80 Å². The Morgan fingerprint density at radius 3 is 2.33 bits per heavy atom. The predicted octanol–water partition coefficient (Wildman–Crippen LogP) is 3.33. The van der Waals surface area contributed by atoms with Crippen molar-refractivity contribution < 1.29 is 18.4 Å². The van der Waals surface area contributed by atoms with Gasteiger partial charge in [-0.3, -0.25) is 4.79 Å². The molecule has 2 heterocycles. The smallest absolute Gasteiger partial charge is 0.321 e. The number of nitrogens with zero attached hydrogens (tertiary/aromatic N) is 2. The number of carbonyl (C=O) groups excluding carboxylic acids is 2. The van der Waals surface area contributed by atoms with Crippen LogP contribution in [0.25, 0.3) is 0 Å². The van der Waals surface area contributed by atoms with Crippen molar-refractivity contribution in [2.75, 3.05) is 31.5 Å². The normalized spacial score (nSPS) is 22.7. The Morgan fingerprint density at radius 1 is 1.07 bits per heavy atom. The molecular weight excluding hydrogens is 390 g/mol. The van der Waals surface area contributed by atoms with E-state index < -0.39 is 17.7 Å². The van der Waals surface area contributed by atoms with Gasteiger partial charge in [-0.25, -0.2) is 13.6 Å². The maximum atomic E-state index is 13.8. The number of likely N-dealkylation sites (tertiary alicyclic amines) is 2. The number of halogens is 2. The van der Waals surface area contributed by atoms with E-state index in [1.54, 1.807) is 4.90 Å². The summed E-state index contributed by atoms with van der Waals surface area (Å²) in [6.45, 7) is 2.85. The van der Waals surface area contributed by atoms with Crippen molar-refractivity contribution >= 4 is 17.6 Å². The van der Waals surface area contributed by atoms with Gasteiger partial charge in [0.05, 0.1) is 11.1 Å². The van der Waals surface area contributed by atoms with Crippen LogP contribution in [0.4, 0.5) is 19.3 Å². The fraction of sp³-hybridized carbons (Fsp3) is 0.636. The van der Waals surface area contributed by atoms with Gasteiger partial charge in [-0.15, -0.1) is 0 Å². The minimum absolute atomic E-state index is 0.142. The summed E-state index contributed by atoms with van der Waals surface area (Å²) in [5.74, 6) is -0.722. The maximum Gasteiger partial charge on any atom is 0.321 e. The van der Waals surface area contributed by atoms with Gasteiger partial charge in [0.15, 0.2) is 0 Å². The van der Waals surface area contributed by atoms with Gasteiger partial charge in [0.1, 0.15) is 11.6 Å². The summed E-state index contributed by atoms with van der Waals surface area (Å²) < 4.78 is 27.1. The molecule has 1 aromatic rings. The van der Waals surface area contributed by atoms with Gasteiger partial charge in [0, 0.05) is 25.2 Å². The number of carbonyl (C=O) groups is 2. The molecule has 0 bridgehead atoms. The van der Waals surface area contributed by atoms with Crippen LogP contribution in [-0.2, 0) is 4.79 Å². The van der Waals surface area contributed by atoms with Gasteiger partial charge in [0.2, 0.25) is 5.91 Å². The maximum absolute atomic E-state index is 13.8. The molecule has 3 aliphatic rings. The number of amides is 3. The summed E-state index contributed by atoms with van der Waals surface area (Å²) in [6, 6.07) is 2.97. The Bertz CT molecular complexity index is 798. The number of piperidine rings is 2. The number of benzene rings is 1. The zero-order chi connectivity index (χ0) is 21.3. The highest BCUT2D eigenvalue weighted by Gasteiger charge is 2.44. The second-order valence-electron chi connectivity index (χ2n) is 9.10. The number of nitrogens with two attached hydrogens (primary N) is 1. The third-order valence-electron chi connectivity index (χ3n) is 7.09. The summed E-state index contributed by atoms with van der Waals surface area (Å²) in [4.78, 5) is 28.7. The summed E-state index contributed by atoms with van der Waals surface area (Å²) in [7, 11) is 0. The van der Waals surface area contributed by atoms with E-state index in [9.17, 15) is 18.4 Å². The first-order chi connectivity index (χ1) is 14.4. The molecule has 3 fully saturated rings. The molecule has 4 rings (SSSR count). The SMILES string of the molecule is NC(=O)C1(CC2CC2)CCN(C2CCN(C(=O)Nc3cc(F)ccc3F)CC2)CC1. The molecule has 0 radical (unpaired) electrons. The molecule has 3 amide bonds. The van der Waals surface area contributed by atoms with E-state index in [1.807, 2.05) is 0 Å². The second kappa shape index (κ2) is 8.49. The van der Waals surface area contributed by atoms with Gasteiger partial charge in [-0.05, 0) is 63.2 Å². The fourth-order valence-corrected chi connectivity index (χ4v) is 4.96. The van der Waals surface area contributed by atoms with Crippen LogP contribution >= 0.6 is 0 Å². The summed E-state index contributed by atoms with van der Waals surface area (Å²) in [5.41, 5.74) is 5.30. The lowest BCUT2D eigenvalue weighted by Crippen LogP contribution is -2.53. The number of hydrogen-bond donors (Lipinski definition) is 2. The Labute approximate surface area is 175 Å². The number of anilines is 1. The summed E-state index contributed by atoms with van der Waals surface area (Å²) in [5, 5.41) is 2.47. The van der Waals surface area contributed by atoms with E-state index >= 15 is 0 Å². The molecule has 6 nitrogen and oxygen atoms in total. The molecule has 3 N–H and O–H groups in total. The van der Waals surface area contributed by atoms with Crippen molar-refractivity contribution in [2.24, 2.45) is 17.1 Å². The number of rotatable bonds is 5. The van der Waals surface area contributed by atoms with E-state index in [4.69, 9.17) is 5.73 Å². The number of urea groups is 1. The number of hydrogen-bond acceptors (Lipinski definition) is 3. The standard InChI is InChI=1S/C22H30F2N4O2/c23-16-3-4-18(24)19(13-16)26-21(30)28-9-5-17(6-10-28)27-11-7-22(8-12-27,20(25)29)14-15-1-2-15/h3-4,13,15,17H,1-2,5-12,14H2,(H2,25,29)(H,26,30). The van der Waals surface area contributed by atoms with Gasteiger partial charge in [-0.2, -0.15) is 0 Å². The highest BCUT2D eigenvalue weighted by atomic mass is 19.1. The first kappa shape index (κ1) is 21.0. The largest absolute Gasteiger partial charge is 0.369 e. The van der Waals surface area contributed by atoms with Gasteiger partial charge in [-0.1, -0.05) is 12.8 Å². The lowest BCUT2D eigenvalue weighted by atomic mass is 9.73. The Hall–Kier alpha value is -2.22. The van der Waals surface area contributed by atoms with E-state index in [0.29, 0.717) is 25.0 Å². The van der Waals surface area contributed by atoms with Crippen molar-refractivity contribution in [1.29, 1.82) is 0 Å². The number of nitrogens with one attached hydrogen (secondary N) is 1. The molecule has 1 saturated carbocycles. The molecule has 1 aliphatic carbocycles. The average molecular weight is 421 g/mol. The lowest BCUT2D eigenvalue weighted by Gasteiger charge is -2.45. The van der Waals surface area contributed by atoms with Crippen LogP contribution < -0.4 is 11.1 Å². The van der Waals surface area contributed by atoms with Gasteiger partial charge < -0.3 is 20.9 Å². The van der Waals surface area contributed by atoms with Crippen molar-refractivity contribution in [3.8, 4) is 0 Å². The van der Waals surface area contributed by atoms with Crippen LogP contribution in [0, 0.1) is 23.0 Å². The Kier molecular flexibility index (Phi) is 5.95. The Balaban J connectivity index is 1.27. The zero-order valence-corrected chi connectivity index (χ0v) is 17.2. The minimum Gasteiger partial charge on any atom is -0.369 e. The van der Waals surface area contributed by atoms with Gasteiger partial charge >= 0.3 is 6.03 Å². The molecule has 164 valence electrons. The average Bonchev–Trinajstić information content (AvgIpc) is 3.55. The van der Waals surface area contributed by atoms with Crippen molar-refractivity contribution in [3.05, 3.63) is 29.8 Å². The third-order valence-corrected chi connectivity index (χ3v) is 7.09. The molecule has 0 spiro atoms. The molecule has 0 atom stereocenters. The zero-order valence-electron chi connectivity index (χ0n) is 17.2. The first-order valence-electron chi connectivity index (χ1n) is 10.9. The molecule has 2 saturated heterocycles. The highest BCUT2D eigenvalue weighted by molar-refractivity contribution is 5.89. The molecule has 0 aromatic heterocycles. The molecule has 30 heavy (non-hydrogen) atoms. The minimum atomic E-state index is -0.655. The Morgan fingerprint density at radius 2 is 1.73 bits per heavy atom. The fourth-order valence-electron chi connectivity index (χ4n) is 4.96. The molecule has 1 aromatic carbocycles. The topological polar surface area (TPSA) is 78.7 Å². The van der Waals surface area contributed by atoms with Crippen LogP contribution in [0.15, 0.2) is 18.2 Å². The van der Waals surface area contributed by atoms with Crippen LogP contribution in [0.1, 0.15) is 44.9 Å². The second-order valence-corrected chi connectivity index (χ2v) is 9.10. The highest BCUT2D eigenvalue weighted by Crippen LogP contribution is 2.46. The first-order valence-corrected chi connectivity index (χ1v) is 10.9. The monoisotopic (exact) mass is 420 g/mol. The summed E-state index contributed by atoms with van der Waals surface area (Å²) in [6.07, 6.45) is 6.66. The van der Waals surface area contributed by atoms with Crippen LogP contribution in [-0.4, -0.2) is 54.0 Å². The van der Waals surface area contributed by atoms with E-state index in [2.05, 4.69) is 10.2 Å². The predicted molar refractivity (Wildman–Crippen MR) is 110 cm³/mol. The van der Waals surface area contributed by atoms with E-state index in [-0.39, 0.29) is 17.0 Å². The molecule has 0 unspecified atom stereocenters. The third kappa shape index (κ3) is 4.58. The van der Waals surface area contributed by atoms with Crippen molar-refractivity contribution in [2.45, 2.75) is 51.0 Å². The van der Waals surface area contributed by atoms with Crippen LogP contribution in [0.3, 0.4) is 0 Å². The summed E-state index contributed by atoms with van der Waals surface area (Å²) >= 11 is 0. The molecule has 2 aliphatic heterocycles. The van der Waals surface area contributed by atoms with E-state index in [1.165, 1.54) is 12.8 Å². The quantitative estimate of drug-likeness (QED) is 0.767.